The largest absolute Gasteiger partial charge is 0.467 e. The summed E-state index contributed by atoms with van der Waals surface area (Å²) in [6.45, 7) is 1.78. The molecule has 0 fully saturated rings. The number of esters is 1. The van der Waals surface area contributed by atoms with Gasteiger partial charge in [0, 0.05) is 19.3 Å². The second kappa shape index (κ2) is 13.7. The van der Waals surface area contributed by atoms with Crippen LogP contribution in [0.4, 0.5) is 4.79 Å². The highest BCUT2D eigenvalue weighted by Gasteiger charge is 2.28. The fraction of sp³-hybridized carbons (Fsp3) is 0.360. The standard InChI is InChI=1S/C25H30N2O6/c1-3-20(28)14-15-21(24(30)32-2)26-23(29)22(16-18-10-6-4-7-11-18)27-25(31)33-17-19-12-8-5-9-13-19/h4-13,21-22H,3,14-17H2,1-2H3,(H,26,29)(H,27,31)/t21-,22+/m1/s1. The SMILES string of the molecule is CCC(=O)CC[C@@H](NC(=O)[C@H](Cc1ccccc1)NC(=O)OCc1ccccc1)C(=O)OC. The van der Waals surface area contributed by atoms with E-state index in [4.69, 9.17) is 9.47 Å². The summed E-state index contributed by atoms with van der Waals surface area (Å²) in [4.78, 5) is 49.3. The zero-order valence-corrected chi connectivity index (χ0v) is 18.9. The monoisotopic (exact) mass is 454 g/mol. The van der Waals surface area contributed by atoms with Gasteiger partial charge in [-0.3, -0.25) is 9.59 Å². The van der Waals surface area contributed by atoms with Crippen molar-refractivity contribution in [2.24, 2.45) is 0 Å². The van der Waals surface area contributed by atoms with E-state index >= 15 is 0 Å². The predicted octanol–water partition coefficient (Wildman–Crippen LogP) is 2.94. The van der Waals surface area contributed by atoms with Gasteiger partial charge in [0.25, 0.3) is 0 Å². The minimum atomic E-state index is -1.00. The van der Waals surface area contributed by atoms with E-state index in [2.05, 4.69) is 10.6 Å². The lowest BCUT2D eigenvalue weighted by Crippen LogP contribution is -2.52. The van der Waals surface area contributed by atoms with Crippen LogP contribution in [0.2, 0.25) is 0 Å². The Hall–Kier alpha value is -3.68. The molecule has 2 N–H and O–H groups in total. The van der Waals surface area contributed by atoms with Crippen molar-refractivity contribution in [1.82, 2.24) is 10.6 Å². The summed E-state index contributed by atoms with van der Waals surface area (Å²) < 4.78 is 10.0. The Labute approximate surface area is 193 Å². The van der Waals surface area contributed by atoms with Gasteiger partial charge in [0.1, 0.15) is 24.5 Å². The third-order valence-electron chi connectivity index (χ3n) is 5.01. The zero-order valence-electron chi connectivity index (χ0n) is 18.9. The highest BCUT2D eigenvalue weighted by Crippen LogP contribution is 2.08. The Morgan fingerprint density at radius 2 is 1.45 bits per heavy atom. The molecule has 0 radical (unpaired) electrons. The smallest absolute Gasteiger partial charge is 0.408 e. The molecule has 2 aromatic carbocycles. The summed E-state index contributed by atoms with van der Waals surface area (Å²) in [6.07, 6.45) is 0.0154. The lowest BCUT2D eigenvalue weighted by molar-refractivity contribution is -0.145. The van der Waals surface area contributed by atoms with E-state index in [0.29, 0.717) is 6.42 Å². The number of carbonyl (C=O) groups is 4. The number of hydrogen-bond acceptors (Lipinski definition) is 6. The summed E-state index contributed by atoms with van der Waals surface area (Å²) in [5, 5.41) is 5.19. The number of carbonyl (C=O) groups excluding carboxylic acids is 4. The van der Waals surface area contributed by atoms with Crippen LogP contribution >= 0.6 is 0 Å². The second-order valence-corrected chi connectivity index (χ2v) is 7.46. The second-order valence-electron chi connectivity index (χ2n) is 7.46. The van der Waals surface area contributed by atoms with E-state index in [9.17, 15) is 19.2 Å². The van der Waals surface area contributed by atoms with Crippen LogP contribution in [0.25, 0.3) is 0 Å². The van der Waals surface area contributed by atoms with Crippen molar-refractivity contribution >= 4 is 23.8 Å². The molecule has 2 rings (SSSR count). The number of alkyl carbamates (subject to hydrolysis) is 1. The van der Waals surface area contributed by atoms with Gasteiger partial charge in [-0.15, -0.1) is 0 Å². The molecular formula is C25H30N2O6. The van der Waals surface area contributed by atoms with Gasteiger partial charge in [0.2, 0.25) is 5.91 Å². The Kier molecular flexibility index (Phi) is 10.6. The van der Waals surface area contributed by atoms with Crippen molar-refractivity contribution in [3.8, 4) is 0 Å². The average Bonchev–Trinajstić information content (AvgIpc) is 2.85. The number of ether oxygens (including phenoxy) is 2. The molecule has 8 nitrogen and oxygen atoms in total. The van der Waals surface area contributed by atoms with E-state index in [0.717, 1.165) is 11.1 Å². The molecule has 0 aliphatic carbocycles. The van der Waals surface area contributed by atoms with Crippen LogP contribution < -0.4 is 10.6 Å². The van der Waals surface area contributed by atoms with Gasteiger partial charge in [-0.25, -0.2) is 9.59 Å². The Balaban J connectivity index is 2.08. The lowest BCUT2D eigenvalue weighted by Gasteiger charge is -2.22. The van der Waals surface area contributed by atoms with Gasteiger partial charge in [-0.1, -0.05) is 67.6 Å². The van der Waals surface area contributed by atoms with E-state index in [1.165, 1.54) is 7.11 Å². The normalized spacial score (nSPS) is 12.2. The third kappa shape index (κ3) is 9.14. The van der Waals surface area contributed by atoms with Crippen LogP contribution in [-0.4, -0.2) is 42.9 Å². The highest BCUT2D eigenvalue weighted by atomic mass is 16.5. The van der Waals surface area contributed by atoms with Crippen molar-refractivity contribution in [2.75, 3.05) is 7.11 Å². The van der Waals surface area contributed by atoms with Crippen LogP contribution in [0.3, 0.4) is 0 Å². The van der Waals surface area contributed by atoms with Gasteiger partial charge < -0.3 is 20.1 Å². The molecule has 0 heterocycles. The summed E-state index contributed by atoms with van der Waals surface area (Å²) >= 11 is 0. The third-order valence-corrected chi connectivity index (χ3v) is 5.01. The van der Waals surface area contributed by atoms with Crippen LogP contribution in [0, 0.1) is 0 Å². The number of ketones is 1. The molecule has 0 aromatic heterocycles. The first-order chi connectivity index (χ1) is 15.9. The maximum Gasteiger partial charge on any atom is 0.408 e. The van der Waals surface area contributed by atoms with Crippen molar-refractivity contribution in [3.05, 3.63) is 71.8 Å². The molecule has 0 aliphatic heterocycles. The Morgan fingerprint density at radius 1 is 0.848 bits per heavy atom. The topological polar surface area (TPSA) is 111 Å². The van der Waals surface area contributed by atoms with Crippen molar-refractivity contribution in [1.29, 1.82) is 0 Å². The van der Waals surface area contributed by atoms with Crippen LogP contribution in [0.5, 0.6) is 0 Å². The predicted molar refractivity (Wildman–Crippen MR) is 122 cm³/mol. The number of amides is 2. The fourth-order valence-electron chi connectivity index (χ4n) is 3.11. The van der Waals surface area contributed by atoms with E-state index in [1.54, 1.807) is 6.92 Å². The summed E-state index contributed by atoms with van der Waals surface area (Å²) in [6, 6.07) is 16.3. The molecule has 0 saturated heterocycles. The first kappa shape index (κ1) is 25.6. The molecule has 33 heavy (non-hydrogen) atoms. The molecule has 2 amide bonds. The minimum absolute atomic E-state index is 0.0263. The number of benzene rings is 2. The molecule has 0 saturated carbocycles. The molecule has 0 bridgehead atoms. The highest BCUT2D eigenvalue weighted by molar-refractivity contribution is 5.90. The molecule has 0 aliphatic rings. The number of Topliss-reactive ketones (excluding diaryl/α,β-unsaturated/α-hetero) is 1. The summed E-state index contributed by atoms with van der Waals surface area (Å²) in [5.74, 6) is -1.26. The first-order valence-corrected chi connectivity index (χ1v) is 10.8. The van der Waals surface area contributed by atoms with Crippen molar-refractivity contribution in [3.63, 3.8) is 0 Å². The van der Waals surface area contributed by atoms with Gasteiger partial charge in [-0.05, 0) is 17.5 Å². The van der Waals surface area contributed by atoms with Gasteiger partial charge in [-0.2, -0.15) is 0 Å². The van der Waals surface area contributed by atoms with Crippen molar-refractivity contribution in [2.45, 2.75) is 51.3 Å². The molecule has 8 heteroatoms. The zero-order chi connectivity index (χ0) is 24.1. The summed E-state index contributed by atoms with van der Waals surface area (Å²) in [5.41, 5.74) is 1.62. The Bertz CT molecular complexity index is 917. The van der Waals surface area contributed by atoms with Gasteiger partial charge in [0.05, 0.1) is 7.11 Å². The molecule has 2 atom stereocenters. The number of nitrogens with one attached hydrogen (secondary N) is 2. The molecule has 0 unspecified atom stereocenters. The van der Waals surface area contributed by atoms with E-state index < -0.39 is 30.1 Å². The average molecular weight is 455 g/mol. The summed E-state index contributed by atoms with van der Waals surface area (Å²) in [7, 11) is 1.21. The number of hydrogen-bond donors (Lipinski definition) is 2. The minimum Gasteiger partial charge on any atom is -0.467 e. The van der Waals surface area contributed by atoms with Crippen LogP contribution in [0.15, 0.2) is 60.7 Å². The molecular weight excluding hydrogens is 424 g/mol. The first-order valence-electron chi connectivity index (χ1n) is 10.8. The molecule has 176 valence electrons. The quantitative estimate of drug-likeness (QED) is 0.477. The van der Waals surface area contributed by atoms with Gasteiger partial charge >= 0.3 is 12.1 Å². The van der Waals surface area contributed by atoms with E-state index in [1.807, 2.05) is 60.7 Å². The molecule has 2 aromatic rings. The fourth-order valence-corrected chi connectivity index (χ4v) is 3.11. The van der Waals surface area contributed by atoms with E-state index in [-0.39, 0.29) is 31.7 Å². The molecule has 0 spiro atoms. The Morgan fingerprint density at radius 3 is 2.03 bits per heavy atom. The maximum absolute atomic E-state index is 13.0. The maximum atomic E-state index is 13.0. The lowest BCUT2D eigenvalue weighted by atomic mass is 10.0. The van der Waals surface area contributed by atoms with Gasteiger partial charge in [0.15, 0.2) is 0 Å². The van der Waals surface area contributed by atoms with Crippen LogP contribution in [-0.2, 0) is 36.9 Å². The number of rotatable bonds is 12. The van der Waals surface area contributed by atoms with Crippen molar-refractivity contribution < 1.29 is 28.7 Å². The number of methoxy groups -OCH3 is 1. The van der Waals surface area contributed by atoms with Crippen LogP contribution in [0.1, 0.15) is 37.3 Å².